The summed E-state index contributed by atoms with van der Waals surface area (Å²) in [5, 5.41) is 2.54. The van der Waals surface area contributed by atoms with Crippen LogP contribution in [0, 0.1) is 11.6 Å². The number of nitrogens with one attached hydrogen (secondary N) is 1. The highest BCUT2D eigenvalue weighted by molar-refractivity contribution is 7.89. The Kier molecular flexibility index (Phi) is 6.22. The van der Waals surface area contributed by atoms with Gasteiger partial charge >= 0.3 is 0 Å². The minimum absolute atomic E-state index is 0.0148. The predicted molar refractivity (Wildman–Crippen MR) is 96.5 cm³/mol. The smallest absolute Gasteiger partial charge is 0.262 e. The van der Waals surface area contributed by atoms with Crippen molar-refractivity contribution in [3.05, 3.63) is 54.1 Å². The molecule has 1 amide bonds. The molecule has 0 aromatic heterocycles. The molecule has 1 heterocycles. The first-order valence-electron chi connectivity index (χ1n) is 8.42. The first-order chi connectivity index (χ1) is 13.4. The van der Waals surface area contributed by atoms with Crippen LogP contribution in [0.4, 0.5) is 14.5 Å². The topological polar surface area (TPSA) is 84.9 Å². The molecular formula is C18H18F2N2O5S. The molecule has 150 valence electrons. The third kappa shape index (κ3) is 4.83. The highest BCUT2D eigenvalue weighted by Crippen LogP contribution is 2.20. The van der Waals surface area contributed by atoms with Crippen LogP contribution in [0.15, 0.2) is 47.4 Å². The summed E-state index contributed by atoms with van der Waals surface area (Å²) in [6.45, 7) is 0.875. The first kappa shape index (κ1) is 20.2. The predicted octanol–water partition coefficient (Wildman–Crippen LogP) is 2.00. The maximum absolute atomic E-state index is 13.1. The summed E-state index contributed by atoms with van der Waals surface area (Å²) in [4.78, 5) is 12.0. The Morgan fingerprint density at radius 3 is 2.39 bits per heavy atom. The Morgan fingerprint density at radius 1 is 1.07 bits per heavy atom. The third-order valence-corrected chi connectivity index (χ3v) is 5.92. The van der Waals surface area contributed by atoms with Gasteiger partial charge in [0.05, 0.1) is 18.1 Å². The van der Waals surface area contributed by atoms with Gasteiger partial charge in [0.2, 0.25) is 10.0 Å². The summed E-state index contributed by atoms with van der Waals surface area (Å²) in [5.41, 5.74) is 0.375. The molecule has 1 aliphatic heterocycles. The van der Waals surface area contributed by atoms with Crippen molar-refractivity contribution in [2.24, 2.45) is 0 Å². The first-order valence-corrected chi connectivity index (χ1v) is 9.86. The van der Waals surface area contributed by atoms with Crippen LogP contribution in [-0.2, 0) is 19.6 Å². The number of halogens is 2. The van der Waals surface area contributed by atoms with Gasteiger partial charge in [-0.05, 0) is 36.4 Å². The number of nitrogens with zero attached hydrogens (tertiary/aromatic N) is 1. The number of ether oxygens (including phenoxy) is 2. The highest BCUT2D eigenvalue weighted by Gasteiger charge is 2.26. The molecular weight excluding hydrogens is 394 g/mol. The van der Waals surface area contributed by atoms with Crippen LogP contribution in [0.5, 0.6) is 5.75 Å². The molecule has 0 atom stereocenters. The van der Waals surface area contributed by atoms with Crippen LogP contribution in [0.3, 0.4) is 0 Å². The second-order valence-corrected chi connectivity index (χ2v) is 7.89. The summed E-state index contributed by atoms with van der Waals surface area (Å²) in [6, 6.07) is 8.67. The van der Waals surface area contributed by atoms with E-state index in [1.807, 2.05) is 0 Å². The van der Waals surface area contributed by atoms with Crippen molar-refractivity contribution in [3.8, 4) is 5.75 Å². The molecule has 0 radical (unpaired) electrons. The van der Waals surface area contributed by atoms with E-state index in [0.717, 1.165) is 12.1 Å². The zero-order chi connectivity index (χ0) is 20.1. The number of hydrogen-bond donors (Lipinski definition) is 1. The number of amides is 1. The fraction of sp³-hybridized carbons (Fsp3) is 0.278. The SMILES string of the molecule is O=C(COc1ccc(F)c(F)c1)Nc1ccc(S(=O)(=O)N2CCOCC2)cc1. The fourth-order valence-corrected chi connectivity index (χ4v) is 3.97. The van der Waals surface area contributed by atoms with Crippen LogP contribution in [0.1, 0.15) is 0 Å². The fourth-order valence-electron chi connectivity index (χ4n) is 2.56. The minimum atomic E-state index is -3.61. The van der Waals surface area contributed by atoms with E-state index >= 15 is 0 Å². The van der Waals surface area contributed by atoms with Crippen LogP contribution in [0.2, 0.25) is 0 Å². The number of rotatable bonds is 6. The van der Waals surface area contributed by atoms with E-state index in [1.165, 1.54) is 34.6 Å². The van der Waals surface area contributed by atoms with E-state index in [1.54, 1.807) is 0 Å². The van der Waals surface area contributed by atoms with Crippen molar-refractivity contribution in [2.75, 3.05) is 38.2 Å². The maximum Gasteiger partial charge on any atom is 0.262 e. The Labute approximate surface area is 160 Å². The van der Waals surface area contributed by atoms with Gasteiger partial charge in [-0.3, -0.25) is 4.79 Å². The molecule has 3 rings (SSSR count). The molecule has 0 spiro atoms. The highest BCUT2D eigenvalue weighted by atomic mass is 32.2. The summed E-state index contributed by atoms with van der Waals surface area (Å²) >= 11 is 0. The third-order valence-electron chi connectivity index (χ3n) is 4.01. The lowest BCUT2D eigenvalue weighted by molar-refractivity contribution is -0.118. The molecule has 7 nitrogen and oxygen atoms in total. The molecule has 0 aliphatic carbocycles. The normalized spacial score (nSPS) is 15.2. The second kappa shape index (κ2) is 8.63. The van der Waals surface area contributed by atoms with Gasteiger partial charge in [-0.15, -0.1) is 0 Å². The molecule has 1 saturated heterocycles. The lowest BCUT2D eigenvalue weighted by Crippen LogP contribution is -2.40. The summed E-state index contributed by atoms with van der Waals surface area (Å²) < 4.78 is 62.6. The van der Waals surface area contributed by atoms with Crippen molar-refractivity contribution < 1.29 is 31.5 Å². The molecule has 2 aromatic rings. The average Bonchev–Trinajstić information content (AvgIpc) is 2.70. The Hall–Kier alpha value is -2.56. The van der Waals surface area contributed by atoms with Crippen LogP contribution >= 0.6 is 0 Å². The minimum Gasteiger partial charge on any atom is -0.484 e. The van der Waals surface area contributed by atoms with Gasteiger partial charge in [0.15, 0.2) is 18.2 Å². The molecule has 1 aliphatic rings. The molecule has 10 heteroatoms. The van der Waals surface area contributed by atoms with Crippen LogP contribution in [0.25, 0.3) is 0 Å². The number of carbonyl (C=O) groups excluding carboxylic acids is 1. The van der Waals surface area contributed by atoms with E-state index in [9.17, 15) is 22.0 Å². The Morgan fingerprint density at radius 2 is 1.75 bits per heavy atom. The van der Waals surface area contributed by atoms with Gasteiger partial charge in [-0.1, -0.05) is 0 Å². The van der Waals surface area contributed by atoms with Crippen molar-refractivity contribution in [3.63, 3.8) is 0 Å². The summed E-state index contributed by atoms with van der Waals surface area (Å²) in [5.74, 6) is -2.60. The zero-order valence-corrected chi connectivity index (χ0v) is 15.5. The van der Waals surface area contributed by atoms with E-state index in [2.05, 4.69) is 5.32 Å². The largest absolute Gasteiger partial charge is 0.484 e. The standard InChI is InChI=1S/C18H18F2N2O5S/c19-16-6-3-14(11-17(16)20)27-12-18(23)21-13-1-4-15(5-2-13)28(24,25)22-7-9-26-10-8-22/h1-6,11H,7-10,12H2,(H,21,23). The van der Waals surface area contributed by atoms with Crippen LogP contribution in [-0.4, -0.2) is 51.5 Å². The molecule has 0 unspecified atom stereocenters. The number of hydrogen-bond acceptors (Lipinski definition) is 5. The zero-order valence-electron chi connectivity index (χ0n) is 14.7. The molecule has 1 N–H and O–H groups in total. The van der Waals surface area contributed by atoms with Gasteiger partial charge in [-0.25, -0.2) is 17.2 Å². The summed E-state index contributed by atoms with van der Waals surface area (Å²) in [7, 11) is -3.61. The van der Waals surface area contributed by atoms with Crippen molar-refractivity contribution >= 4 is 21.6 Å². The second-order valence-electron chi connectivity index (χ2n) is 5.95. The monoisotopic (exact) mass is 412 g/mol. The van der Waals surface area contributed by atoms with Gasteiger partial charge in [0.25, 0.3) is 5.91 Å². The van der Waals surface area contributed by atoms with E-state index < -0.39 is 34.2 Å². The van der Waals surface area contributed by atoms with Crippen LogP contribution < -0.4 is 10.1 Å². The van der Waals surface area contributed by atoms with E-state index in [0.29, 0.717) is 32.0 Å². The van der Waals surface area contributed by atoms with Crippen molar-refractivity contribution in [2.45, 2.75) is 4.90 Å². The van der Waals surface area contributed by atoms with Gasteiger partial charge in [-0.2, -0.15) is 4.31 Å². The molecule has 1 fully saturated rings. The van der Waals surface area contributed by atoms with Gasteiger partial charge < -0.3 is 14.8 Å². The number of morpholine rings is 1. The molecule has 0 saturated carbocycles. The van der Waals surface area contributed by atoms with Crippen molar-refractivity contribution in [1.29, 1.82) is 0 Å². The van der Waals surface area contributed by atoms with E-state index in [4.69, 9.17) is 9.47 Å². The quantitative estimate of drug-likeness (QED) is 0.785. The van der Waals surface area contributed by atoms with E-state index in [-0.39, 0.29) is 10.6 Å². The Bertz CT molecular complexity index is 945. The average molecular weight is 412 g/mol. The molecule has 2 aromatic carbocycles. The maximum atomic E-state index is 13.1. The lowest BCUT2D eigenvalue weighted by Gasteiger charge is -2.26. The Balaban J connectivity index is 1.57. The number of carbonyl (C=O) groups is 1. The van der Waals surface area contributed by atoms with Crippen molar-refractivity contribution in [1.82, 2.24) is 4.31 Å². The number of benzene rings is 2. The molecule has 28 heavy (non-hydrogen) atoms. The number of sulfonamides is 1. The van der Waals surface area contributed by atoms with Gasteiger partial charge in [0, 0.05) is 24.8 Å². The number of anilines is 1. The summed E-state index contributed by atoms with van der Waals surface area (Å²) in [6.07, 6.45) is 0. The molecule has 0 bridgehead atoms. The van der Waals surface area contributed by atoms with Gasteiger partial charge in [0.1, 0.15) is 5.75 Å². The lowest BCUT2D eigenvalue weighted by atomic mass is 10.3.